The molecule has 0 saturated carbocycles. The van der Waals surface area contributed by atoms with Crippen molar-refractivity contribution < 1.29 is 0 Å². The highest BCUT2D eigenvalue weighted by molar-refractivity contribution is 7.15. The first-order valence-corrected chi connectivity index (χ1v) is 7.33. The molecular formula is C15H21N3S. The first-order chi connectivity index (χ1) is 8.96. The molecule has 0 amide bonds. The smallest absolute Gasteiger partial charge is 0.180 e. The highest BCUT2D eigenvalue weighted by Crippen LogP contribution is 2.29. The van der Waals surface area contributed by atoms with Gasteiger partial charge in [-0.15, -0.1) is 11.3 Å². The lowest BCUT2D eigenvalue weighted by molar-refractivity contribution is 0.430. The number of nitrogens with two attached hydrogens (primary N) is 1. The van der Waals surface area contributed by atoms with Gasteiger partial charge in [-0.2, -0.15) is 0 Å². The predicted octanol–water partition coefficient (Wildman–Crippen LogP) is 3.32. The lowest BCUT2D eigenvalue weighted by Gasteiger charge is -2.20. The molecule has 0 fully saturated rings. The maximum atomic E-state index is 5.86. The third kappa shape index (κ3) is 4.04. The summed E-state index contributed by atoms with van der Waals surface area (Å²) < 4.78 is 0. The van der Waals surface area contributed by atoms with E-state index in [1.54, 1.807) is 11.3 Å². The number of nitrogen functional groups attached to an aromatic ring is 1. The van der Waals surface area contributed by atoms with E-state index in [1.165, 1.54) is 4.88 Å². The molecule has 0 bridgehead atoms. The van der Waals surface area contributed by atoms with Crippen LogP contribution in [0.3, 0.4) is 0 Å². The summed E-state index contributed by atoms with van der Waals surface area (Å²) in [5.74, 6) is 0. The van der Waals surface area contributed by atoms with Crippen LogP contribution in [0.25, 0.3) is 11.3 Å². The van der Waals surface area contributed by atoms with Gasteiger partial charge in [-0.1, -0.05) is 30.3 Å². The highest BCUT2D eigenvalue weighted by atomic mass is 32.1. The van der Waals surface area contributed by atoms with Gasteiger partial charge in [-0.3, -0.25) is 0 Å². The fraction of sp³-hybridized carbons (Fsp3) is 0.400. The number of thiazole rings is 1. The maximum absolute atomic E-state index is 5.86. The van der Waals surface area contributed by atoms with Crippen molar-refractivity contribution in [3.63, 3.8) is 0 Å². The molecule has 0 aliphatic heterocycles. The van der Waals surface area contributed by atoms with E-state index in [4.69, 9.17) is 5.73 Å². The van der Waals surface area contributed by atoms with Gasteiger partial charge in [0.25, 0.3) is 0 Å². The second-order valence-corrected chi connectivity index (χ2v) is 6.73. The Balaban J connectivity index is 2.13. The average molecular weight is 275 g/mol. The van der Waals surface area contributed by atoms with Crippen LogP contribution in [0.2, 0.25) is 0 Å². The Morgan fingerprint density at radius 3 is 2.53 bits per heavy atom. The molecule has 0 aliphatic carbocycles. The fourth-order valence-electron chi connectivity index (χ4n) is 1.91. The minimum Gasteiger partial charge on any atom is -0.375 e. The molecule has 19 heavy (non-hydrogen) atoms. The van der Waals surface area contributed by atoms with Crippen LogP contribution in [0, 0.1) is 0 Å². The van der Waals surface area contributed by atoms with Crippen LogP contribution in [-0.4, -0.2) is 17.1 Å². The zero-order valence-electron chi connectivity index (χ0n) is 11.7. The van der Waals surface area contributed by atoms with Gasteiger partial charge < -0.3 is 11.1 Å². The number of benzene rings is 1. The van der Waals surface area contributed by atoms with Gasteiger partial charge in [0.05, 0.1) is 5.69 Å². The number of anilines is 1. The maximum Gasteiger partial charge on any atom is 0.180 e. The molecule has 2 aromatic rings. The topological polar surface area (TPSA) is 50.9 Å². The first kappa shape index (κ1) is 14.0. The Kier molecular flexibility index (Phi) is 4.22. The quantitative estimate of drug-likeness (QED) is 0.900. The third-order valence-electron chi connectivity index (χ3n) is 2.77. The van der Waals surface area contributed by atoms with Crippen LogP contribution < -0.4 is 11.1 Å². The van der Waals surface area contributed by atoms with Gasteiger partial charge in [0.2, 0.25) is 0 Å². The van der Waals surface area contributed by atoms with Crippen LogP contribution in [-0.2, 0) is 6.42 Å². The van der Waals surface area contributed by atoms with E-state index in [0.29, 0.717) is 5.13 Å². The van der Waals surface area contributed by atoms with Crippen molar-refractivity contribution in [1.29, 1.82) is 0 Å². The Hall–Kier alpha value is -1.39. The Bertz CT molecular complexity index is 526. The number of hydrogen-bond acceptors (Lipinski definition) is 4. The zero-order valence-corrected chi connectivity index (χ0v) is 12.6. The molecule has 1 aromatic carbocycles. The molecule has 0 unspecified atom stereocenters. The second-order valence-electron chi connectivity index (χ2n) is 5.62. The van der Waals surface area contributed by atoms with Crippen LogP contribution in [0.15, 0.2) is 30.3 Å². The standard InChI is InChI=1S/C15H21N3S/c1-15(2,3)17-10-9-12-13(18-14(16)19-12)11-7-5-4-6-8-11/h4-8,17H,9-10H2,1-3H3,(H2,16,18). The summed E-state index contributed by atoms with van der Waals surface area (Å²) in [7, 11) is 0. The van der Waals surface area contributed by atoms with Gasteiger partial charge in [0.15, 0.2) is 5.13 Å². The summed E-state index contributed by atoms with van der Waals surface area (Å²) in [6.07, 6.45) is 0.955. The highest BCUT2D eigenvalue weighted by Gasteiger charge is 2.13. The molecular weight excluding hydrogens is 254 g/mol. The summed E-state index contributed by atoms with van der Waals surface area (Å²) in [6.45, 7) is 7.45. The van der Waals surface area contributed by atoms with Gasteiger partial charge in [0, 0.05) is 22.5 Å². The molecule has 3 N–H and O–H groups in total. The summed E-state index contributed by atoms with van der Waals surface area (Å²) >= 11 is 1.59. The minimum atomic E-state index is 0.142. The molecule has 0 atom stereocenters. The number of rotatable bonds is 4. The van der Waals surface area contributed by atoms with Gasteiger partial charge >= 0.3 is 0 Å². The third-order valence-corrected chi connectivity index (χ3v) is 3.71. The largest absolute Gasteiger partial charge is 0.375 e. The molecule has 2 rings (SSSR count). The Labute approximate surface area is 118 Å². The molecule has 0 spiro atoms. The van der Waals surface area contributed by atoms with E-state index in [9.17, 15) is 0 Å². The predicted molar refractivity (Wildman–Crippen MR) is 83.4 cm³/mol. The van der Waals surface area contributed by atoms with Crippen molar-refractivity contribution >= 4 is 16.5 Å². The van der Waals surface area contributed by atoms with Crippen LogP contribution in [0.5, 0.6) is 0 Å². The van der Waals surface area contributed by atoms with Crippen molar-refractivity contribution in [1.82, 2.24) is 10.3 Å². The van der Waals surface area contributed by atoms with E-state index in [1.807, 2.05) is 18.2 Å². The molecule has 1 heterocycles. The summed E-state index contributed by atoms with van der Waals surface area (Å²) in [5, 5.41) is 4.14. The van der Waals surface area contributed by atoms with Gasteiger partial charge in [-0.05, 0) is 27.2 Å². The van der Waals surface area contributed by atoms with E-state index < -0.39 is 0 Å². The molecule has 0 saturated heterocycles. The number of hydrogen-bond donors (Lipinski definition) is 2. The Morgan fingerprint density at radius 2 is 1.89 bits per heavy atom. The van der Waals surface area contributed by atoms with Crippen LogP contribution in [0.1, 0.15) is 25.6 Å². The van der Waals surface area contributed by atoms with Crippen LogP contribution in [0.4, 0.5) is 5.13 Å². The van der Waals surface area contributed by atoms with E-state index in [0.717, 1.165) is 24.2 Å². The molecule has 3 nitrogen and oxygen atoms in total. The van der Waals surface area contributed by atoms with Crippen molar-refractivity contribution in [3.8, 4) is 11.3 Å². The van der Waals surface area contributed by atoms with E-state index >= 15 is 0 Å². The average Bonchev–Trinajstić information content (AvgIpc) is 2.70. The van der Waals surface area contributed by atoms with Gasteiger partial charge in [-0.25, -0.2) is 4.98 Å². The molecule has 102 valence electrons. The SMILES string of the molecule is CC(C)(C)NCCc1sc(N)nc1-c1ccccc1. The van der Waals surface area contributed by atoms with Gasteiger partial charge in [0.1, 0.15) is 0 Å². The molecule has 0 radical (unpaired) electrons. The van der Waals surface area contributed by atoms with Crippen molar-refractivity contribution in [2.75, 3.05) is 12.3 Å². The Morgan fingerprint density at radius 1 is 1.21 bits per heavy atom. The second kappa shape index (κ2) is 5.72. The fourth-order valence-corrected chi connectivity index (χ4v) is 2.77. The first-order valence-electron chi connectivity index (χ1n) is 6.51. The molecule has 1 aromatic heterocycles. The van der Waals surface area contributed by atoms with Crippen molar-refractivity contribution in [3.05, 3.63) is 35.2 Å². The van der Waals surface area contributed by atoms with Crippen LogP contribution >= 0.6 is 11.3 Å². The van der Waals surface area contributed by atoms with Crippen molar-refractivity contribution in [2.24, 2.45) is 0 Å². The normalized spacial score (nSPS) is 11.7. The zero-order chi connectivity index (χ0) is 13.9. The number of nitrogens with zero attached hydrogens (tertiary/aromatic N) is 1. The summed E-state index contributed by atoms with van der Waals surface area (Å²) in [6, 6.07) is 10.2. The summed E-state index contributed by atoms with van der Waals surface area (Å²) in [4.78, 5) is 5.71. The monoisotopic (exact) mass is 275 g/mol. The van der Waals surface area contributed by atoms with E-state index in [-0.39, 0.29) is 5.54 Å². The summed E-state index contributed by atoms with van der Waals surface area (Å²) in [5.41, 5.74) is 8.17. The van der Waals surface area contributed by atoms with E-state index in [2.05, 4.69) is 43.2 Å². The lowest BCUT2D eigenvalue weighted by atomic mass is 10.1. The molecule has 0 aliphatic rings. The van der Waals surface area contributed by atoms with Crippen molar-refractivity contribution in [2.45, 2.75) is 32.7 Å². The minimum absolute atomic E-state index is 0.142. The lowest BCUT2D eigenvalue weighted by Crippen LogP contribution is -2.37. The number of aromatic nitrogens is 1. The number of nitrogens with one attached hydrogen (secondary N) is 1. The molecule has 4 heteroatoms.